The average molecular weight is 398 g/mol. The minimum absolute atomic E-state index is 0.0335. The molecule has 0 fully saturated rings. The van der Waals surface area contributed by atoms with Crippen molar-refractivity contribution in [1.29, 1.82) is 0 Å². The van der Waals surface area contributed by atoms with Crippen LogP contribution in [0.2, 0.25) is 5.02 Å². The van der Waals surface area contributed by atoms with Gasteiger partial charge in [0.1, 0.15) is 29.4 Å². The molecular formula is C17H14ClF2N3O4. The quantitative estimate of drug-likeness (QED) is 0.595. The van der Waals surface area contributed by atoms with Crippen LogP contribution >= 0.6 is 11.6 Å². The van der Waals surface area contributed by atoms with Crippen molar-refractivity contribution in [2.75, 3.05) is 18.4 Å². The Bertz CT molecular complexity index is 887. The number of rotatable bonds is 6. The molecule has 7 nitrogen and oxygen atoms in total. The van der Waals surface area contributed by atoms with Crippen LogP contribution in [0.15, 0.2) is 36.4 Å². The van der Waals surface area contributed by atoms with Gasteiger partial charge in [-0.2, -0.15) is 0 Å². The number of carbonyl (C=O) groups excluding carboxylic acids is 2. The van der Waals surface area contributed by atoms with Gasteiger partial charge >= 0.3 is 0 Å². The number of halogens is 3. The maximum absolute atomic E-state index is 13.6. The Hall–Kier alpha value is -3.07. The van der Waals surface area contributed by atoms with Crippen molar-refractivity contribution in [3.63, 3.8) is 0 Å². The topological polar surface area (TPSA) is 92.6 Å². The second-order valence-corrected chi connectivity index (χ2v) is 5.82. The number of nitrogens with zero attached hydrogens (tertiary/aromatic N) is 2. The zero-order valence-corrected chi connectivity index (χ0v) is 14.8. The van der Waals surface area contributed by atoms with Crippen molar-refractivity contribution in [3.05, 3.63) is 68.7 Å². The Morgan fingerprint density at radius 3 is 2.41 bits per heavy atom. The van der Waals surface area contributed by atoms with Crippen LogP contribution in [0.1, 0.15) is 17.3 Å². The van der Waals surface area contributed by atoms with Crippen molar-refractivity contribution >= 4 is 34.8 Å². The number of benzene rings is 2. The lowest BCUT2D eigenvalue weighted by Crippen LogP contribution is -2.38. The van der Waals surface area contributed by atoms with Crippen molar-refractivity contribution in [2.24, 2.45) is 0 Å². The van der Waals surface area contributed by atoms with Crippen LogP contribution in [0.25, 0.3) is 0 Å². The maximum Gasteiger partial charge on any atom is 0.283 e. The Morgan fingerprint density at radius 1 is 1.22 bits per heavy atom. The summed E-state index contributed by atoms with van der Waals surface area (Å²) < 4.78 is 27.2. The third kappa shape index (κ3) is 4.76. The van der Waals surface area contributed by atoms with Crippen LogP contribution in [0.5, 0.6) is 0 Å². The molecule has 0 aliphatic heterocycles. The van der Waals surface area contributed by atoms with E-state index in [1.54, 1.807) is 6.92 Å². The van der Waals surface area contributed by atoms with E-state index in [4.69, 9.17) is 11.6 Å². The lowest BCUT2D eigenvalue weighted by Gasteiger charge is -2.20. The minimum atomic E-state index is -0.967. The number of nitrogens with one attached hydrogen (secondary N) is 1. The van der Waals surface area contributed by atoms with Crippen LogP contribution < -0.4 is 5.32 Å². The SMILES string of the molecule is CCN(CC(=O)Nc1c(F)cccc1F)C(=O)c1ccc(Cl)cc1[N+](=O)[O-]. The van der Waals surface area contributed by atoms with Crippen molar-refractivity contribution in [3.8, 4) is 0 Å². The molecule has 142 valence electrons. The summed E-state index contributed by atoms with van der Waals surface area (Å²) in [5.74, 6) is -3.58. The predicted octanol–water partition coefficient (Wildman–Crippen LogP) is 3.63. The summed E-state index contributed by atoms with van der Waals surface area (Å²) in [5, 5.41) is 13.3. The molecular weight excluding hydrogens is 384 g/mol. The zero-order valence-electron chi connectivity index (χ0n) is 14.0. The largest absolute Gasteiger partial charge is 0.329 e. The van der Waals surface area contributed by atoms with Gasteiger partial charge in [-0.3, -0.25) is 19.7 Å². The highest BCUT2D eigenvalue weighted by Gasteiger charge is 2.26. The zero-order chi connectivity index (χ0) is 20.1. The second kappa shape index (κ2) is 8.54. The molecule has 1 N–H and O–H groups in total. The molecule has 27 heavy (non-hydrogen) atoms. The third-order valence-electron chi connectivity index (χ3n) is 3.62. The van der Waals surface area contributed by atoms with Gasteiger partial charge in [0.25, 0.3) is 11.6 Å². The Labute approximate surface area is 157 Å². The van der Waals surface area contributed by atoms with Gasteiger partial charge in [-0.25, -0.2) is 8.78 Å². The first-order valence-electron chi connectivity index (χ1n) is 7.71. The van der Waals surface area contributed by atoms with E-state index >= 15 is 0 Å². The second-order valence-electron chi connectivity index (χ2n) is 5.38. The van der Waals surface area contributed by atoms with Gasteiger partial charge in [0.2, 0.25) is 5.91 Å². The van der Waals surface area contributed by atoms with Crippen LogP contribution in [0, 0.1) is 21.7 Å². The molecule has 2 amide bonds. The number of amides is 2. The van der Waals surface area contributed by atoms with E-state index < -0.39 is 46.3 Å². The fourth-order valence-electron chi connectivity index (χ4n) is 2.30. The normalized spacial score (nSPS) is 10.4. The number of hydrogen-bond acceptors (Lipinski definition) is 4. The van der Waals surface area contributed by atoms with E-state index in [9.17, 15) is 28.5 Å². The predicted molar refractivity (Wildman–Crippen MR) is 94.7 cm³/mol. The maximum atomic E-state index is 13.6. The molecule has 0 heterocycles. The van der Waals surface area contributed by atoms with E-state index in [1.807, 2.05) is 0 Å². The molecule has 0 aliphatic rings. The molecule has 0 unspecified atom stereocenters. The molecule has 2 aromatic rings. The van der Waals surface area contributed by atoms with Gasteiger partial charge in [0.05, 0.1) is 4.92 Å². The van der Waals surface area contributed by atoms with Crippen molar-refractivity contribution in [1.82, 2.24) is 4.90 Å². The molecule has 0 aromatic heterocycles. The fourth-order valence-corrected chi connectivity index (χ4v) is 2.47. The number of anilines is 1. The standard InChI is InChI=1S/C17H14ClF2N3O4/c1-2-22(9-15(24)21-16-12(19)4-3-5-13(16)20)17(25)11-7-6-10(18)8-14(11)23(26)27/h3-8H,2,9H2,1H3,(H,21,24). The molecule has 2 aromatic carbocycles. The van der Waals surface area contributed by atoms with E-state index in [0.29, 0.717) is 0 Å². The molecule has 0 spiro atoms. The number of para-hydroxylation sites is 1. The number of likely N-dealkylation sites (N-methyl/N-ethyl adjacent to an activating group) is 1. The summed E-state index contributed by atoms with van der Waals surface area (Å²) in [6.07, 6.45) is 0. The monoisotopic (exact) mass is 397 g/mol. The minimum Gasteiger partial charge on any atom is -0.329 e. The smallest absolute Gasteiger partial charge is 0.283 e. The van der Waals surface area contributed by atoms with Gasteiger partial charge in [-0.15, -0.1) is 0 Å². The summed E-state index contributed by atoms with van der Waals surface area (Å²) in [5.41, 5.74) is -1.40. The summed E-state index contributed by atoms with van der Waals surface area (Å²) in [6, 6.07) is 6.60. The molecule has 0 saturated heterocycles. The van der Waals surface area contributed by atoms with Crippen LogP contribution in [-0.4, -0.2) is 34.7 Å². The van der Waals surface area contributed by atoms with Crippen molar-refractivity contribution < 1.29 is 23.3 Å². The van der Waals surface area contributed by atoms with Crippen LogP contribution in [0.3, 0.4) is 0 Å². The number of carbonyl (C=O) groups is 2. The Balaban J connectivity index is 2.21. The van der Waals surface area contributed by atoms with Gasteiger partial charge in [0.15, 0.2) is 0 Å². The van der Waals surface area contributed by atoms with E-state index in [-0.39, 0.29) is 17.1 Å². The average Bonchev–Trinajstić information content (AvgIpc) is 2.62. The number of nitro groups is 1. The highest BCUT2D eigenvalue weighted by molar-refractivity contribution is 6.31. The number of hydrogen-bond donors (Lipinski definition) is 1. The number of nitro benzene ring substituents is 1. The summed E-state index contributed by atoms with van der Waals surface area (Å²) in [4.78, 5) is 36.1. The van der Waals surface area contributed by atoms with E-state index in [0.717, 1.165) is 29.2 Å². The highest BCUT2D eigenvalue weighted by atomic mass is 35.5. The first-order valence-corrected chi connectivity index (χ1v) is 8.09. The van der Waals surface area contributed by atoms with E-state index in [1.165, 1.54) is 12.1 Å². The Kier molecular flexibility index (Phi) is 6.40. The van der Waals surface area contributed by atoms with E-state index in [2.05, 4.69) is 5.32 Å². The first kappa shape index (κ1) is 20.2. The van der Waals surface area contributed by atoms with Crippen LogP contribution in [0.4, 0.5) is 20.2 Å². The molecule has 0 saturated carbocycles. The summed E-state index contributed by atoms with van der Waals surface area (Å²) >= 11 is 5.72. The molecule has 0 atom stereocenters. The molecule has 0 radical (unpaired) electrons. The third-order valence-corrected chi connectivity index (χ3v) is 3.85. The molecule has 2 rings (SSSR count). The lowest BCUT2D eigenvalue weighted by atomic mass is 10.1. The Morgan fingerprint density at radius 2 is 1.85 bits per heavy atom. The summed E-state index contributed by atoms with van der Waals surface area (Å²) in [6.45, 7) is 1.03. The highest BCUT2D eigenvalue weighted by Crippen LogP contribution is 2.24. The summed E-state index contributed by atoms with van der Waals surface area (Å²) in [7, 11) is 0. The van der Waals surface area contributed by atoms with Gasteiger partial charge in [0, 0.05) is 17.6 Å². The molecule has 0 aliphatic carbocycles. The molecule has 0 bridgehead atoms. The van der Waals surface area contributed by atoms with Gasteiger partial charge in [-0.1, -0.05) is 17.7 Å². The lowest BCUT2D eigenvalue weighted by molar-refractivity contribution is -0.385. The van der Waals surface area contributed by atoms with Crippen molar-refractivity contribution in [2.45, 2.75) is 6.92 Å². The first-order chi connectivity index (χ1) is 12.7. The van der Waals surface area contributed by atoms with Gasteiger partial charge < -0.3 is 10.2 Å². The van der Waals surface area contributed by atoms with Crippen LogP contribution in [-0.2, 0) is 4.79 Å². The van der Waals surface area contributed by atoms with Gasteiger partial charge in [-0.05, 0) is 31.2 Å². The fraction of sp³-hybridized carbons (Fsp3) is 0.176. The molecule has 10 heteroatoms.